The average Bonchev–Trinajstić information content (AvgIpc) is 2.66. The van der Waals surface area contributed by atoms with E-state index in [2.05, 4.69) is 4.98 Å². The lowest BCUT2D eigenvalue weighted by atomic mass is 9.93. The van der Waals surface area contributed by atoms with Crippen LogP contribution < -0.4 is 0 Å². The molecule has 1 aliphatic rings. The summed E-state index contributed by atoms with van der Waals surface area (Å²) in [5.74, 6) is 0.346. The smallest absolute Gasteiger partial charge is 0.143 e. The Bertz CT molecular complexity index is 337. The number of pyridine rings is 1. The molecule has 0 aromatic carbocycles. The molecule has 0 amide bonds. The first-order valence-corrected chi connectivity index (χ1v) is 5.30. The zero-order chi connectivity index (χ0) is 10.7. The highest BCUT2D eigenvalue weighted by Gasteiger charge is 2.30. The van der Waals surface area contributed by atoms with Crippen molar-refractivity contribution in [3.63, 3.8) is 0 Å². The molecule has 3 heteroatoms. The number of ether oxygens (including phenoxy) is 1. The van der Waals surface area contributed by atoms with Crippen LogP contribution in [0.1, 0.15) is 18.9 Å². The quantitative estimate of drug-likeness (QED) is 0.752. The lowest BCUT2D eigenvalue weighted by Crippen LogP contribution is -2.23. The normalized spacial score (nSPS) is 25.4. The van der Waals surface area contributed by atoms with E-state index < -0.39 is 0 Å². The van der Waals surface area contributed by atoms with Crippen molar-refractivity contribution in [2.24, 2.45) is 5.92 Å². The number of carbonyl (C=O) groups excluding carboxylic acids is 1. The van der Waals surface area contributed by atoms with Crippen LogP contribution in [0.15, 0.2) is 24.5 Å². The molecule has 1 saturated heterocycles. The third-order valence-corrected chi connectivity index (χ3v) is 2.89. The van der Waals surface area contributed by atoms with Gasteiger partial charge in [0.05, 0.1) is 6.10 Å². The second-order valence-corrected chi connectivity index (χ2v) is 3.98. The van der Waals surface area contributed by atoms with Gasteiger partial charge in [0.25, 0.3) is 0 Å². The predicted molar refractivity (Wildman–Crippen MR) is 56.5 cm³/mol. The Morgan fingerprint density at radius 3 is 3.13 bits per heavy atom. The summed E-state index contributed by atoms with van der Waals surface area (Å²) in [6.45, 7) is 2.68. The van der Waals surface area contributed by atoms with E-state index in [1.54, 1.807) is 12.4 Å². The molecular weight excluding hydrogens is 190 g/mol. The van der Waals surface area contributed by atoms with Crippen molar-refractivity contribution in [2.75, 3.05) is 6.61 Å². The van der Waals surface area contributed by atoms with Crippen LogP contribution in [-0.4, -0.2) is 23.5 Å². The summed E-state index contributed by atoms with van der Waals surface area (Å²) in [6, 6.07) is 3.79. The Hall–Kier alpha value is -1.22. The molecule has 1 aromatic heterocycles. The second kappa shape index (κ2) is 4.53. The van der Waals surface area contributed by atoms with E-state index in [4.69, 9.17) is 4.74 Å². The predicted octanol–water partition coefficient (Wildman–Crippen LogP) is 1.62. The first-order valence-electron chi connectivity index (χ1n) is 5.30. The van der Waals surface area contributed by atoms with Crippen LogP contribution in [0, 0.1) is 5.92 Å². The second-order valence-electron chi connectivity index (χ2n) is 3.98. The number of Topliss-reactive ketones (excluding diaryl/α,β-unsaturated/α-hetero) is 1. The molecular formula is C12H15NO2. The molecule has 2 atom stereocenters. The molecule has 0 radical (unpaired) electrons. The van der Waals surface area contributed by atoms with Crippen molar-refractivity contribution in [2.45, 2.75) is 25.9 Å². The molecule has 1 aromatic rings. The average molecular weight is 205 g/mol. The fourth-order valence-corrected chi connectivity index (χ4v) is 1.99. The number of ketones is 1. The monoisotopic (exact) mass is 205 g/mol. The fourth-order valence-electron chi connectivity index (χ4n) is 1.99. The highest BCUT2D eigenvalue weighted by molar-refractivity contribution is 5.83. The van der Waals surface area contributed by atoms with Gasteiger partial charge in [-0.3, -0.25) is 9.78 Å². The van der Waals surface area contributed by atoms with Crippen molar-refractivity contribution in [3.8, 4) is 0 Å². The van der Waals surface area contributed by atoms with Crippen LogP contribution in [-0.2, 0) is 16.0 Å². The molecule has 0 spiro atoms. The van der Waals surface area contributed by atoms with Gasteiger partial charge in [0, 0.05) is 31.3 Å². The van der Waals surface area contributed by atoms with E-state index in [0.29, 0.717) is 13.0 Å². The van der Waals surface area contributed by atoms with Gasteiger partial charge in [-0.25, -0.2) is 0 Å². The molecule has 2 unspecified atom stereocenters. The van der Waals surface area contributed by atoms with E-state index in [1.807, 2.05) is 19.1 Å². The third-order valence-electron chi connectivity index (χ3n) is 2.89. The summed E-state index contributed by atoms with van der Waals surface area (Å²) < 4.78 is 5.39. The van der Waals surface area contributed by atoms with Gasteiger partial charge in [-0.05, 0) is 25.0 Å². The van der Waals surface area contributed by atoms with Gasteiger partial charge in [0.15, 0.2) is 0 Å². The number of hydrogen-bond acceptors (Lipinski definition) is 3. The summed E-state index contributed by atoms with van der Waals surface area (Å²) in [4.78, 5) is 15.9. The maximum atomic E-state index is 11.9. The Labute approximate surface area is 89.5 Å². The molecule has 80 valence electrons. The molecule has 0 saturated carbocycles. The maximum absolute atomic E-state index is 11.9. The molecule has 0 bridgehead atoms. The van der Waals surface area contributed by atoms with Crippen LogP contribution in [0.3, 0.4) is 0 Å². The topological polar surface area (TPSA) is 39.2 Å². The van der Waals surface area contributed by atoms with Crippen molar-refractivity contribution in [3.05, 3.63) is 30.1 Å². The standard InChI is InChI=1S/C12H15NO2/c1-9-11(4-6-15-9)12(14)7-10-3-2-5-13-8-10/h2-3,5,8-9,11H,4,6-7H2,1H3. The summed E-state index contributed by atoms with van der Waals surface area (Å²) >= 11 is 0. The Morgan fingerprint density at radius 2 is 2.53 bits per heavy atom. The Kier molecular flexibility index (Phi) is 3.11. The van der Waals surface area contributed by atoms with Gasteiger partial charge in [-0.2, -0.15) is 0 Å². The molecule has 2 rings (SSSR count). The number of rotatable bonds is 3. The minimum absolute atomic E-state index is 0.0743. The van der Waals surface area contributed by atoms with Crippen molar-refractivity contribution in [1.82, 2.24) is 4.98 Å². The van der Waals surface area contributed by atoms with Gasteiger partial charge >= 0.3 is 0 Å². The van der Waals surface area contributed by atoms with Gasteiger partial charge in [-0.15, -0.1) is 0 Å². The molecule has 0 aliphatic carbocycles. The van der Waals surface area contributed by atoms with Gasteiger partial charge in [0.2, 0.25) is 0 Å². The number of carbonyl (C=O) groups is 1. The molecule has 1 fully saturated rings. The van der Waals surface area contributed by atoms with Crippen LogP contribution in [0.4, 0.5) is 0 Å². The largest absolute Gasteiger partial charge is 0.378 e. The summed E-state index contributed by atoms with van der Waals surface area (Å²) in [6.07, 6.45) is 4.88. The zero-order valence-corrected chi connectivity index (χ0v) is 8.85. The number of hydrogen-bond donors (Lipinski definition) is 0. The minimum atomic E-state index is 0.0743. The van der Waals surface area contributed by atoms with Crippen molar-refractivity contribution in [1.29, 1.82) is 0 Å². The lowest BCUT2D eigenvalue weighted by Gasteiger charge is -2.12. The highest BCUT2D eigenvalue weighted by Crippen LogP contribution is 2.22. The van der Waals surface area contributed by atoms with Crippen molar-refractivity contribution < 1.29 is 9.53 Å². The number of aromatic nitrogens is 1. The maximum Gasteiger partial charge on any atom is 0.143 e. The Morgan fingerprint density at radius 1 is 1.67 bits per heavy atom. The number of nitrogens with zero attached hydrogens (tertiary/aromatic N) is 1. The van der Waals surface area contributed by atoms with E-state index in [0.717, 1.165) is 12.0 Å². The van der Waals surface area contributed by atoms with Gasteiger partial charge < -0.3 is 4.74 Å². The SMILES string of the molecule is CC1OCCC1C(=O)Cc1cccnc1. The summed E-state index contributed by atoms with van der Waals surface area (Å²) in [7, 11) is 0. The van der Waals surface area contributed by atoms with E-state index in [1.165, 1.54) is 0 Å². The molecule has 15 heavy (non-hydrogen) atoms. The Balaban J connectivity index is 1.98. The van der Waals surface area contributed by atoms with E-state index >= 15 is 0 Å². The third kappa shape index (κ3) is 2.42. The minimum Gasteiger partial charge on any atom is -0.378 e. The fraction of sp³-hybridized carbons (Fsp3) is 0.500. The van der Waals surface area contributed by atoms with E-state index in [-0.39, 0.29) is 17.8 Å². The van der Waals surface area contributed by atoms with Crippen LogP contribution >= 0.6 is 0 Å². The molecule has 1 aliphatic heterocycles. The molecule has 2 heterocycles. The van der Waals surface area contributed by atoms with Crippen LogP contribution in [0.2, 0.25) is 0 Å². The summed E-state index contributed by atoms with van der Waals surface area (Å²) in [5, 5.41) is 0. The van der Waals surface area contributed by atoms with E-state index in [9.17, 15) is 4.79 Å². The van der Waals surface area contributed by atoms with Crippen molar-refractivity contribution >= 4 is 5.78 Å². The first kappa shape index (κ1) is 10.3. The first-order chi connectivity index (χ1) is 7.27. The molecule has 3 nitrogen and oxygen atoms in total. The van der Waals surface area contributed by atoms with Gasteiger partial charge in [-0.1, -0.05) is 6.07 Å². The zero-order valence-electron chi connectivity index (χ0n) is 8.85. The lowest BCUT2D eigenvalue weighted by molar-refractivity contribution is -0.123. The van der Waals surface area contributed by atoms with Crippen LogP contribution in [0.5, 0.6) is 0 Å². The van der Waals surface area contributed by atoms with Gasteiger partial charge in [0.1, 0.15) is 5.78 Å². The molecule has 0 N–H and O–H groups in total. The highest BCUT2D eigenvalue weighted by atomic mass is 16.5. The summed E-state index contributed by atoms with van der Waals surface area (Å²) in [5.41, 5.74) is 0.988. The van der Waals surface area contributed by atoms with Crippen LogP contribution in [0.25, 0.3) is 0 Å².